The summed E-state index contributed by atoms with van der Waals surface area (Å²) in [5, 5.41) is 0. The van der Waals surface area contributed by atoms with E-state index in [0.29, 0.717) is 5.92 Å². The second kappa shape index (κ2) is 6.18. The molecule has 4 nitrogen and oxygen atoms in total. The van der Waals surface area contributed by atoms with E-state index in [0.717, 1.165) is 22.3 Å². The lowest BCUT2D eigenvalue weighted by molar-refractivity contribution is 0.0557. The molecule has 0 bridgehead atoms. The highest BCUT2D eigenvalue weighted by molar-refractivity contribution is 6.10. The zero-order chi connectivity index (χ0) is 16.4. The molecule has 2 aliphatic carbocycles. The van der Waals surface area contributed by atoms with Gasteiger partial charge < -0.3 is 9.47 Å². The molecular formula is C18H20O4. The fourth-order valence-electron chi connectivity index (χ4n) is 2.53. The van der Waals surface area contributed by atoms with E-state index in [-0.39, 0.29) is 11.1 Å². The standard InChI is InChI=1S/C18H20O4/c1-10(2)12-7-6-11(3)13-9-15(17(19)21-4)16(14(13)8-12)18(20)22-5/h6-10H,1-5H3. The lowest BCUT2D eigenvalue weighted by atomic mass is 10.0. The summed E-state index contributed by atoms with van der Waals surface area (Å²) in [7, 11) is 2.61. The fourth-order valence-corrected chi connectivity index (χ4v) is 2.53. The van der Waals surface area contributed by atoms with Crippen molar-refractivity contribution >= 4 is 11.9 Å². The van der Waals surface area contributed by atoms with Crippen LogP contribution >= 0.6 is 0 Å². The zero-order valence-corrected chi connectivity index (χ0v) is 13.5. The van der Waals surface area contributed by atoms with Crippen molar-refractivity contribution in [1.82, 2.24) is 0 Å². The number of hydrogen-bond acceptors (Lipinski definition) is 4. The van der Waals surface area contributed by atoms with Crippen LogP contribution in [0.5, 0.6) is 0 Å². The highest BCUT2D eigenvalue weighted by atomic mass is 16.5. The van der Waals surface area contributed by atoms with E-state index < -0.39 is 11.9 Å². The summed E-state index contributed by atoms with van der Waals surface area (Å²) in [6.07, 6.45) is 0. The Hall–Kier alpha value is -2.36. The van der Waals surface area contributed by atoms with E-state index in [9.17, 15) is 9.59 Å². The quantitative estimate of drug-likeness (QED) is 0.809. The highest BCUT2D eigenvalue weighted by Gasteiger charge is 2.27. The van der Waals surface area contributed by atoms with Gasteiger partial charge in [-0.15, -0.1) is 0 Å². The van der Waals surface area contributed by atoms with Gasteiger partial charge in [-0.1, -0.05) is 26.0 Å². The average molecular weight is 300 g/mol. The molecule has 0 aromatic heterocycles. The van der Waals surface area contributed by atoms with Crippen molar-refractivity contribution in [3.8, 4) is 11.1 Å². The van der Waals surface area contributed by atoms with Crippen LogP contribution in [-0.4, -0.2) is 26.2 Å². The predicted molar refractivity (Wildman–Crippen MR) is 84.6 cm³/mol. The molecule has 2 aliphatic rings. The number of methoxy groups -OCH3 is 2. The van der Waals surface area contributed by atoms with Gasteiger partial charge in [0.15, 0.2) is 0 Å². The number of aryl methyl sites for hydroxylation is 1. The van der Waals surface area contributed by atoms with E-state index in [2.05, 4.69) is 13.8 Å². The van der Waals surface area contributed by atoms with Crippen LogP contribution < -0.4 is 0 Å². The second-order valence-electron chi connectivity index (χ2n) is 5.56. The number of rotatable bonds is 3. The van der Waals surface area contributed by atoms with Crippen LogP contribution in [0.1, 0.15) is 51.6 Å². The SMILES string of the molecule is COC(=O)c1cc2c(C)ccc(C(C)C)cc-2c1C(=O)OC. The van der Waals surface area contributed by atoms with E-state index in [1.165, 1.54) is 14.2 Å². The first-order chi connectivity index (χ1) is 10.4. The van der Waals surface area contributed by atoms with Crippen LogP contribution in [0.25, 0.3) is 11.1 Å². The zero-order valence-electron chi connectivity index (χ0n) is 13.5. The number of carbonyl (C=O) groups is 2. The van der Waals surface area contributed by atoms with Gasteiger partial charge >= 0.3 is 11.9 Å². The van der Waals surface area contributed by atoms with Gasteiger partial charge in [0.25, 0.3) is 0 Å². The molecule has 0 atom stereocenters. The molecule has 0 aliphatic heterocycles. The highest BCUT2D eigenvalue weighted by Crippen LogP contribution is 2.36. The van der Waals surface area contributed by atoms with Gasteiger partial charge in [-0.2, -0.15) is 0 Å². The molecule has 0 heterocycles. The molecule has 0 N–H and O–H groups in total. The third-order valence-electron chi connectivity index (χ3n) is 3.84. The van der Waals surface area contributed by atoms with Gasteiger partial charge in [0, 0.05) is 0 Å². The van der Waals surface area contributed by atoms with Gasteiger partial charge in [0.1, 0.15) is 0 Å². The van der Waals surface area contributed by atoms with E-state index >= 15 is 0 Å². The van der Waals surface area contributed by atoms with E-state index in [1.54, 1.807) is 6.07 Å². The Morgan fingerprint density at radius 3 is 2.14 bits per heavy atom. The van der Waals surface area contributed by atoms with Gasteiger partial charge in [-0.05, 0) is 47.2 Å². The summed E-state index contributed by atoms with van der Waals surface area (Å²) in [5.74, 6) is -0.766. The smallest absolute Gasteiger partial charge is 0.339 e. The number of hydrogen-bond donors (Lipinski definition) is 0. The van der Waals surface area contributed by atoms with Crippen molar-refractivity contribution in [2.45, 2.75) is 26.7 Å². The summed E-state index contributed by atoms with van der Waals surface area (Å²) in [6.45, 7) is 6.12. The largest absolute Gasteiger partial charge is 0.465 e. The topological polar surface area (TPSA) is 52.6 Å². The Kier molecular flexibility index (Phi) is 4.50. The van der Waals surface area contributed by atoms with Crippen molar-refractivity contribution in [2.75, 3.05) is 14.2 Å². The maximum atomic E-state index is 12.2. The van der Waals surface area contributed by atoms with Gasteiger partial charge in [-0.3, -0.25) is 0 Å². The van der Waals surface area contributed by atoms with Gasteiger partial charge in [0.2, 0.25) is 0 Å². The Labute approximate surface area is 130 Å². The fraction of sp³-hybridized carbons (Fsp3) is 0.333. The molecular weight excluding hydrogens is 280 g/mol. The Balaban J connectivity index is 2.86. The molecule has 0 saturated carbocycles. The third-order valence-corrected chi connectivity index (χ3v) is 3.84. The molecule has 0 aromatic rings. The molecule has 0 aromatic carbocycles. The maximum absolute atomic E-state index is 12.2. The Morgan fingerprint density at radius 1 is 0.955 bits per heavy atom. The third kappa shape index (κ3) is 2.69. The van der Waals surface area contributed by atoms with Gasteiger partial charge in [0.05, 0.1) is 25.3 Å². The molecule has 0 fully saturated rings. The first-order valence-electron chi connectivity index (χ1n) is 7.14. The molecule has 2 rings (SSSR count). The first-order valence-corrected chi connectivity index (χ1v) is 7.14. The molecule has 4 heteroatoms. The maximum Gasteiger partial charge on any atom is 0.339 e. The second-order valence-corrected chi connectivity index (χ2v) is 5.56. The molecule has 0 spiro atoms. The lowest BCUT2D eigenvalue weighted by Gasteiger charge is -2.06. The van der Waals surface area contributed by atoms with Crippen LogP contribution in [0.3, 0.4) is 0 Å². The number of carbonyl (C=O) groups excluding carboxylic acids is 2. The van der Waals surface area contributed by atoms with Crippen LogP contribution in [0.4, 0.5) is 0 Å². The van der Waals surface area contributed by atoms with Crippen molar-refractivity contribution in [3.63, 3.8) is 0 Å². The molecule has 0 unspecified atom stereocenters. The Bertz CT molecular complexity index is 701. The van der Waals surface area contributed by atoms with Crippen LogP contribution in [-0.2, 0) is 9.47 Å². The number of ether oxygens (including phenoxy) is 2. The van der Waals surface area contributed by atoms with Gasteiger partial charge in [-0.25, -0.2) is 9.59 Å². The minimum atomic E-state index is -0.537. The molecule has 22 heavy (non-hydrogen) atoms. The van der Waals surface area contributed by atoms with Crippen molar-refractivity contribution in [2.24, 2.45) is 0 Å². The monoisotopic (exact) mass is 300 g/mol. The number of fused-ring (bicyclic) bond motifs is 1. The molecule has 0 saturated heterocycles. The first kappa shape index (κ1) is 16.0. The average Bonchev–Trinajstić information content (AvgIpc) is 2.80. The lowest BCUT2D eigenvalue weighted by Crippen LogP contribution is -2.09. The van der Waals surface area contributed by atoms with E-state index in [4.69, 9.17) is 9.47 Å². The Morgan fingerprint density at radius 2 is 1.59 bits per heavy atom. The van der Waals surface area contributed by atoms with Crippen LogP contribution in [0.2, 0.25) is 0 Å². The summed E-state index contributed by atoms with van der Waals surface area (Å²) >= 11 is 0. The summed E-state index contributed by atoms with van der Waals surface area (Å²) < 4.78 is 9.66. The summed E-state index contributed by atoms with van der Waals surface area (Å²) in [5.41, 5.74) is 4.16. The summed E-state index contributed by atoms with van der Waals surface area (Å²) in [4.78, 5) is 24.2. The van der Waals surface area contributed by atoms with Crippen molar-refractivity contribution in [1.29, 1.82) is 0 Å². The normalized spacial score (nSPS) is 10.8. The van der Waals surface area contributed by atoms with Crippen molar-refractivity contribution in [3.05, 3.63) is 46.5 Å². The number of esters is 2. The molecule has 0 radical (unpaired) electrons. The predicted octanol–water partition coefficient (Wildman–Crippen LogP) is 3.80. The minimum absolute atomic E-state index is 0.244. The van der Waals surface area contributed by atoms with Crippen molar-refractivity contribution < 1.29 is 19.1 Å². The minimum Gasteiger partial charge on any atom is -0.465 e. The van der Waals surface area contributed by atoms with E-state index in [1.807, 2.05) is 25.1 Å². The molecule has 0 amide bonds. The molecule has 116 valence electrons. The summed E-state index contributed by atoms with van der Waals surface area (Å²) in [6, 6.07) is 7.69. The van der Waals surface area contributed by atoms with Crippen LogP contribution in [0, 0.1) is 6.92 Å². The van der Waals surface area contributed by atoms with Crippen LogP contribution in [0.15, 0.2) is 24.3 Å².